The molecule has 158 valence electrons. The molecular formula is C24H27N7. The van der Waals surface area contributed by atoms with Crippen LogP contribution < -0.4 is 10.2 Å². The molecule has 4 aromatic rings. The fourth-order valence-corrected chi connectivity index (χ4v) is 4.74. The molecule has 0 radical (unpaired) electrons. The van der Waals surface area contributed by atoms with Gasteiger partial charge in [-0.3, -0.25) is 5.10 Å². The Balaban J connectivity index is 1.42. The van der Waals surface area contributed by atoms with Crippen molar-refractivity contribution in [1.29, 1.82) is 0 Å². The van der Waals surface area contributed by atoms with E-state index in [1.807, 2.05) is 6.20 Å². The van der Waals surface area contributed by atoms with Crippen LogP contribution in [0.2, 0.25) is 0 Å². The summed E-state index contributed by atoms with van der Waals surface area (Å²) in [4.78, 5) is 13.1. The van der Waals surface area contributed by atoms with Crippen LogP contribution in [0.4, 0.5) is 5.82 Å². The molecule has 0 saturated carbocycles. The summed E-state index contributed by atoms with van der Waals surface area (Å²) in [7, 11) is 2.18. The molecule has 0 unspecified atom stereocenters. The normalized spacial score (nSPS) is 18.1. The van der Waals surface area contributed by atoms with Gasteiger partial charge in [-0.05, 0) is 55.4 Å². The second kappa shape index (κ2) is 7.51. The number of nitrogens with zero attached hydrogens (tertiary/aromatic N) is 4. The third kappa shape index (κ3) is 3.30. The molecule has 1 fully saturated rings. The van der Waals surface area contributed by atoms with Crippen molar-refractivity contribution >= 4 is 33.2 Å². The minimum Gasteiger partial charge on any atom is -0.353 e. The van der Waals surface area contributed by atoms with Gasteiger partial charge < -0.3 is 20.1 Å². The van der Waals surface area contributed by atoms with Crippen LogP contribution in [0.1, 0.15) is 12.0 Å². The molecular weight excluding hydrogens is 386 g/mol. The molecule has 1 aromatic carbocycles. The fraction of sp³-hybridized carbons (Fsp3) is 0.333. The molecule has 0 amide bonds. The second-order valence-electron chi connectivity index (χ2n) is 8.59. The first-order chi connectivity index (χ1) is 15.3. The molecule has 5 heterocycles. The van der Waals surface area contributed by atoms with Crippen LogP contribution in [0, 0.1) is 0 Å². The van der Waals surface area contributed by atoms with E-state index in [0.29, 0.717) is 0 Å². The summed E-state index contributed by atoms with van der Waals surface area (Å²) in [5.41, 5.74) is 6.85. The predicted molar refractivity (Wildman–Crippen MR) is 126 cm³/mol. The Labute approximate surface area is 181 Å². The zero-order chi connectivity index (χ0) is 20.8. The van der Waals surface area contributed by atoms with Gasteiger partial charge in [-0.2, -0.15) is 5.10 Å². The lowest BCUT2D eigenvalue weighted by Crippen LogP contribution is -2.44. The summed E-state index contributed by atoms with van der Waals surface area (Å²) in [5, 5.41) is 13.6. The zero-order valence-corrected chi connectivity index (χ0v) is 17.8. The van der Waals surface area contributed by atoms with Crippen molar-refractivity contribution in [2.24, 2.45) is 0 Å². The molecule has 6 rings (SSSR count). The van der Waals surface area contributed by atoms with Crippen molar-refractivity contribution in [3.05, 3.63) is 48.2 Å². The number of aromatic nitrogens is 4. The number of rotatable bonds is 3. The van der Waals surface area contributed by atoms with Gasteiger partial charge in [0.05, 0.1) is 16.7 Å². The average Bonchev–Trinajstić information content (AvgIpc) is 3.43. The highest BCUT2D eigenvalue weighted by atomic mass is 15.3. The Morgan fingerprint density at radius 2 is 1.87 bits per heavy atom. The van der Waals surface area contributed by atoms with E-state index < -0.39 is 0 Å². The first kappa shape index (κ1) is 18.6. The van der Waals surface area contributed by atoms with Crippen molar-refractivity contribution in [2.45, 2.75) is 6.42 Å². The monoisotopic (exact) mass is 413 g/mol. The summed E-state index contributed by atoms with van der Waals surface area (Å²) < 4.78 is 0. The van der Waals surface area contributed by atoms with Gasteiger partial charge in [0.15, 0.2) is 0 Å². The van der Waals surface area contributed by atoms with E-state index in [-0.39, 0.29) is 0 Å². The SMILES string of the molecule is CN1CCN(c2nccc3[nH]c(-c4n[nH]c5ccc(C6=CCNCC6)cc45)cc23)CC1. The first-order valence-corrected chi connectivity index (χ1v) is 11.1. The molecule has 1 saturated heterocycles. The lowest BCUT2D eigenvalue weighted by atomic mass is 9.98. The molecule has 0 spiro atoms. The molecule has 2 aliphatic heterocycles. The number of fused-ring (bicyclic) bond motifs is 2. The topological polar surface area (TPSA) is 75.9 Å². The van der Waals surface area contributed by atoms with E-state index in [1.54, 1.807) is 0 Å². The fourth-order valence-electron chi connectivity index (χ4n) is 4.74. The molecule has 3 aromatic heterocycles. The van der Waals surface area contributed by atoms with Crippen LogP contribution in [0.25, 0.3) is 38.8 Å². The number of anilines is 1. The van der Waals surface area contributed by atoms with Gasteiger partial charge in [-0.25, -0.2) is 4.98 Å². The number of hydrogen-bond acceptors (Lipinski definition) is 5. The van der Waals surface area contributed by atoms with Crippen LogP contribution >= 0.6 is 0 Å². The second-order valence-corrected chi connectivity index (χ2v) is 8.59. The highest BCUT2D eigenvalue weighted by Gasteiger charge is 2.20. The van der Waals surface area contributed by atoms with Gasteiger partial charge in [-0.1, -0.05) is 12.1 Å². The molecule has 7 heteroatoms. The van der Waals surface area contributed by atoms with E-state index in [0.717, 1.165) is 84.7 Å². The van der Waals surface area contributed by atoms with Crippen molar-refractivity contribution in [1.82, 2.24) is 30.4 Å². The summed E-state index contributed by atoms with van der Waals surface area (Å²) in [5.74, 6) is 1.06. The Hall–Kier alpha value is -3.16. The van der Waals surface area contributed by atoms with Crippen molar-refractivity contribution < 1.29 is 0 Å². The molecule has 0 aliphatic carbocycles. The van der Waals surface area contributed by atoms with E-state index in [2.05, 4.69) is 73.8 Å². The van der Waals surface area contributed by atoms with Gasteiger partial charge in [0.25, 0.3) is 0 Å². The van der Waals surface area contributed by atoms with Crippen LogP contribution in [-0.4, -0.2) is 71.4 Å². The summed E-state index contributed by atoms with van der Waals surface area (Å²) in [6.45, 7) is 6.10. The van der Waals surface area contributed by atoms with Crippen LogP contribution in [0.3, 0.4) is 0 Å². The Morgan fingerprint density at radius 3 is 2.71 bits per heavy atom. The first-order valence-electron chi connectivity index (χ1n) is 11.1. The van der Waals surface area contributed by atoms with Gasteiger partial charge in [-0.15, -0.1) is 0 Å². The third-order valence-corrected chi connectivity index (χ3v) is 6.58. The molecule has 31 heavy (non-hydrogen) atoms. The van der Waals surface area contributed by atoms with Crippen LogP contribution in [0.5, 0.6) is 0 Å². The third-order valence-electron chi connectivity index (χ3n) is 6.58. The number of nitrogens with one attached hydrogen (secondary N) is 3. The number of aromatic amines is 2. The van der Waals surface area contributed by atoms with Gasteiger partial charge >= 0.3 is 0 Å². The smallest absolute Gasteiger partial charge is 0.138 e. The van der Waals surface area contributed by atoms with Gasteiger partial charge in [0.2, 0.25) is 0 Å². The number of H-pyrrole nitrogens is 2. The number of piperazine rings is 1. The maximum Gasteiger partial charge on any atom is 0.138 e. The Kier molecular flexibility index (Phi) is 4.51. The highest BCUT2D eigenvalue weighted by molar-refractivity contribution is 5.99. The molecule has 3 N–H and O–H groups in total. The maximum atomic E-state index is 4.73. The summed E-state index contributed by atoms with van der Waals surface area (Å²) in [6, 6.07) is 10.9. The van der Waals surface area contributed by atoms with Crippen molar-refractivity contribution in [2.75, 3.05) is 51.2 Å². The average molecular weight is 414 g/mol. The lowest BCUT2D eigenvalue weighted by molar-refractivity contribution is 0.312. The number of hydrogen-bond donors (Lipinski definition) is 3. The van der Waals surface area contributed by atoms with Gasteiger partial charge in [0, 0.05) is 49.7 Å². The zero-order valence-electron chi connectivity index (χ0n) is 17.8. The Morgan fingerprint density at radius 1 is 0.968 bits per heavy atom. The molecule has 2 aliphatic rings. The van der Waals surface area contributed by atoms with E-state index in [1.165, 1.54) is 11.1 Å². The Bertz CT molecular complexity index is 1270. The number of benzene rings is 1. The number of pyridine rings is 1. The number of likely N-dealkylation sites (N-methyl/N-ethyl adjacent to an activating group) is 1. The predicted octanol–water partition coefficient (Wildman–Crippen LogP) is 3.23. The van der Waals surface area contributed by atoms with Crippen LogP contribution in [0.15, 0.2) is 42.6 Å². The molecule has 7 nitrogen and oxygen atoms in total. The molecule has 0 bridgehead atoms. The van der Waals surface area contributed by atoms with E-state index >= 15 is 0 Å². The van der Waals surface area contributed by atoms with Crippen molar-refractivity contribution in [3.8, 4) is 11.4 Å². The summed E-state index contributed by atoms with van der Waals surface area (Å²) in [6.07, 6.45) is 5.26. The van der Waals surface area contributed by atoms with E-state index in [9.17, 15) is 0 Å². The minimum absolute atomic E-state index is 0.940. The van der Waals surface area contributed by atoms with Crippen LogP contribution in [-0.2, 0) is 0 Å². The van der Waals surface area contributed by atoms with Crippen molar-refractivity contribution in [3.63, 3.8) is 0 Å². The van der Waals surface area contributed by atoms with Gasteiger partial charge in [0.1, 0.15) is 11.5 Å². The molecule has 0 atom stereocenters. The standard InChI is InChI=1S/C24H27N7/c1-30-10-12-31(13-11-30)24-19-15-22(27-20(19)6-9-26-24)23-18-14-17(2-3-21(18)28-29-23)16-4-7-25-8-5-16/h2-4,6,9,14-15,25,27H,5,7-8,10-13H2,1H3,(H,28,29). The minimum atomic E-state index is 0.940. The van der Waals surface area contributed by atoms with E-state index in [4.69, 9.17) is 4.98 Å². The lowest BCUT2D eigenvalue weighted by Gasteiger charge is -2.33. The summed E-state index contributed by atoms with van der Waals surface area (Å²) >= 11 is 0. The highest BCUT2D eigenvalue weighted by Crippen LogP contribution is 2.34. The quantitative estimate of drug-likeness (QED) is 0.481. The maximum absolute atomic E-state index is 4.73. The largest absolute Gasteiger partial charge is 0.353 e.